The monoisotopic (exact) mass is 472 g/mol. The average molecular weight is 473 g/mol. The summed E-state index contributed by atoms with van der Waals surface area (Å²) in [6.07, 6.45) is 4.28. The molecule has 2 aliphatic rings. The van der Waals surface area contributed by atoms with Crippen LogP contribution < -0.4 is 5.56 Å². The van der Waals surface area contributed by atoms with E-state index in [1.165, 1.54) is 17.5 Å². The molecular formula is C23H25ClN4O3S. The van der Waals surface area contributed by atoms with Gasteiger partial charge < -0.3 is 4.98 Å². The minimum atomic E-state index is -3.51. The van der Waals surface area contributed by atoms with Crippen LogP contribution in [0.1, 0.15) is 29.8 Å². The molecule has 2 aromatic carbocycles. The number of hydrogen-bond acceptors (Lipinski definition) is 5. The molecule has 0 unspecified atom stereocenters. The molecule has 0 bridgehead atoms. The lowest BCUT2D eigenvalue weighted by atomic mass is 9.92. The van der Waals surface area contributed by atoms with Crippen LogP contribution >= 0.6 is 11.6 Å². The van der Waals surface area contributed by atoms with E-state index in [4.69, 9.17) is 11.6 Å². The molecule has 9 heteroatoms. The van der Waals surface area contributed by atoms with Crippen molar-refractivity contribution < 1.29 is 8.42 Å². The van der Waals surface area contributed by atoms with Crippen molar-refractivity contribution in [3.63, 3.8) is 0 Å². The number of benzene rings is 2. The Morgan fingerprint density at radius 3 is 2.50 bits per heavy atom. The standard InChI is InChI=1S/C23H25ClN4O3S/c24-18-6-8-20-21(14-18)25-22(26-23(20)29)15-27-9-11-28(12-10-27)32(30,31)19-7-5-16-3-1-2-4-17(16)13-19/h5-8,13-14H,1-4,9-12,15H2,(H,25,26,29). The summed E-state index contributed by atoms with van der Waals surface area (Å²) in [5.74, 6) is 0.552. The first-order chi connectivity index (χ1) is 15.4. The van der Waals surface area contributed by atoms with Gasteiger partial charge in [-0.2, -0.15) is 4.31 Å². The fourth-order valence-electron chi connectivity index (χ4n) is 4.60. The Balaban J connectivity index is 1.28. The quantitative estimate of drug-likeness (QED) is 0.630. The van der Waals surface area contributed by atoms with E-state index in [1.54, 1.807) is 28.6 Å². The zero-order chi connectivity index (χ0) is 22.3. The van der Waals surface area contributed by atoms with E-state index in [0.29, 0.717) is 59.4 Å². The van der Waals surface area contributed by atoms with Crippen LogP contribution in [-0.2, 0) is 29.4 Å². The first-order valence-electron chi connectivity index (χ1n) is 10.9. The molecule has 2 heterocycles. The second-order valence-electron chi connectivity index (χ2n) is 8.49. The molecule has 0 atom stereocenters. The maximum atomic E-state index is 13.2. The molecule has 32 heavy (non-hydrogen) atoms. The first kappa shape index (κ1) is 21.6. The second-order valence-corrected chi connectivity index (χ2v) is 10.9. The Labute approximate surface area is 192 Å². The number of halogens is 1. The van der Waals surface area contributed by atoms with Crippen molar-refractivity contribution in [2.24, 2.45) is 0 Å². The predicted molar refractivity (Wildman–Crippen MR) is 124 cm³/mol. The van der Waals surface area contributed by atoms with Crippen LogP contribution in [0.2, 0.25) is 5.02 Å². The van der Waals surface area contributed by atoms with E-state index in [2.05, 4.69) is 14.9 Å². The largest absolute Gasteiger partial charge is 0.309 e. The Morgan fingerprint density at radius 1 is 0.969 bits per heavy atom. The molecule has 1 aliphatic heterocycles. The number of aromatic amines is 1. The summed E-state index contributed by atoms with van der Waals surface area (Å²) in [4.78, 5) is 22.2. The summed E-state index contributed by atoms with van der Waals surface area (Å²) in [5, 5.41) is 1.03. The molecule has 7 nitrogen and oxygen atoms in total. The van der Waals surface area contributed by atoms with Gasteiger partial charge in [0.1, 0.15) is 5.82 Å². The topological polar surface area (TPSA) is 86.4 Å². The number of fused-ring (bicyclic) bond motifs is 2. The van der Waals surface area contributed by atoms with Gasteiger partial charge in [-0.05, 0) is 67.1 Å². The molecule has 1 aromatic heterocycles. The Bertz CT molecular complexity index is 1330. The number of nitrogens with zero attached hydrogens (tertiary/aromatic N) is 3. The zero-order valence-corrected chi connectivity index (χ0v) is 19.3. The van der Waals surface area contributed by atoms with E-state index >= 15 is 0 Å². The van der Waals surface area contributed by atoms with Crippen LogP contribution in [0.3, 0.4) is 0 Å². The van der Waals surface area contributed by atoms with Crippen molar-refractivity contribution in [3.8, 4) is 0 Å². The number of hydrogen-bond donors (Lipinski definition) is 1. The normalized spacial score (nSPS) is 18.0. The van der Waals surface area contributed by atoms with Crippen molar-refractivity contribution in [1.82, 2.24) is 19.2 Å². The highest BCUT2D eigenvalue weighted by Gasteiger charge is 2.29. The number of aryl methyl sites for hydroxylation is 2. The molecule has 3 aromatic rings. The molecule has 0 radical (unpaired) electrons. The molecule has 5 rings (SSSR count). The molecule has 0 spiro atoms. The fourth-order valence-corrected chi connectivity index (χ4v) is 6.23. The number of aromatic nitrogens is 2. The third-order valence-corrected chi connectivity index (χ3v) is 8.51. The summed E-state index contributed by atoms with van der Waals surface area (Å²) in [6.45, 7) is 2.40. The molecular weight excluding hydrogens is 448 g/mol. The van der Waals surface area contributed by atoms with Gasteiger partial charge in [-0.1, -0.05) is 17.7 Å². The average Bonchev–Trinajstić information content (AvgIpc) is 2.79. The smallest absolute Gasteiger partial charge is 0.258 e. The lowest BCUT2D eigenvalue weighted by Gasteiger charge is -2.33. The number of nitrogens with one attached hydrogen (secondary N) is 1. The summed E-state index contributed by atoms with van der Waals surface area (Å²) < 4.78 is 28.0. The van der Waals surface area contributed by atoms with Crippen LogP contribution in [-0.4, -0.2) is 53.8 Å². The Morgan fingerprint density at radius 2 is 1.72 bits per heavy atom. The van der Waals surface area contributed by atoms with E-state index in [1.807, 2.05) is 12.1 Å². The van der Waals surface area contributed by atoms with Crippen LogP contribution in [0.15, 0.2) is 46.1 Å². The molecule has 1 saturated heterocycles. The van der Waals surface area contributed by atoms with Gasteiger partial charge in [0, 0.05) is 31.2 Å². The maximum Gasteiger partial charge on any atom is 0.258 e. The van der Waals surface area contributed by atoms with Gasteiger partial charge in [-0.15, -0.1) is 0 Å². The first-order valence-corrected chi connectivity index (χ1v) is 12.7. The number of H-pyrrole nitrogens is 1. The van der Waals surface area contributed by atoms with Crippen LogP contribution in [0.25, 0.3) is 10.9 Å². The number of piperazine rings is 1. The van der Waals surface area contributed by atoms with Gasteiger partial charge >= 0.3 is 0 Å². The summed E-state index contributed by atoms with van der Waals surface area (Å²) >= 11 is 6.04. The third kappa shape index (κ3) is 4.20. The van der Waals surface area contributed by atoms with Crippen molar-refractivity contribution in [2.75, 3.05) is 26.2 Å². The van der Waals surface area contributed by atoms with Crippen LogP contribution in [0, 0.1) is 0 Å². The summed E-state index contributed by atoms with van der Waals surface area (Å²) in [6, 6.07) is 10.6. The van der Waals surface area contributed by atoms with E-state index in [0.717, 1.165) is 19.3 Å². The van der Waals surface area contributed by atoms with Crippen LogP contribution in [0.5, 0.6) is 0 Å². The van der Waals surface area contributed by atoms with Crippen molar-refractivity contribution >= 4 is 32.5 Å². The number of sulfonamides is 1. The molecule has 1 fully saturated rings. The molecule has 0 amide bonds. The zero-order valence-electron chi connectivity index (χ0n) is 17.7. The second kappa shape index (κ2) is 8.59. The van der Waals surface area contributed by atoms with Crippen molar-refractivity contribution in [3.05, 3.63) is 68.7 Å². The van der Waals surface area contributed by atoms with Crippen molar-refractivity contribution in [1.29, 1.82) is 0 Å². The molecule has 1 aliphatic carbocycles. The van der Waals surface area contributed by atoms with Crippen LogP contribution in [0.4, 0.5) is 0 Å². The van der Waals surface area contributed by atoms with E-state index < -0.39 is 10.0 Å². The van der Waals surface area contributed by atoms with Gasteiger partial charge in [0.2, 0.25) is 10.0 Å². The third-order valence-electron chi connectivity index (χ3n) is 6.38. The minimum Gasteiger partial charge on any atom is -0.309 e. The minimum absolute atomic E-state index is 0.199. The maximum absolute atomic E-state index is 13.2. The van der Waals surface area contributed by atoms with Crippen molar-refractivity contribution in [2.45, 2.75) is 37.1 Å². The Hall–Kier alpha value is -2.26. The van der Waals surface area contributed by atoms with Gasteiger partial charge in [-0.25, -0.2) is 13.4 Å². The summed E-state index contributed by atoms with van der Waals surface area (Å²) in [7, 11) is -3.51. The molecule has 168 valence electrons. The highest BCUT2D eigenvalue weighted by molar-refractivity contribution is 7.89. The lowest BCUT2D eigenvalue weighted by molar-refractivity contribution is 0.178. The van der Waals surface area contributed by atoms with Gasteiger partial charge in [-0.3, -0.25) is 9.69 Å². The van der Waals surface area contributed by atoms with Gasteiger partial charge in [0.15, 0.2) is 0 Å². The summed E-state index contributed by atoms with van der Waals surface area (Å²) in [5.41, 5.74) is 2.81. The molecule has 0 saturated carbocycles. The van der Waals surface area contributed by atoms with E-state index in [9.17, 15) is 13.2 Å². The molecule has 1 N–H and O–H groups in total. The number of rotatable bonds is 4. The van der Waals surface area contributed by atoms with Gasteiger partial charge in [0.05, 0.1) is 22.3 Å². The SMILES string of the molecule is O=c1[nH]c(CN2CCN(S(=O)(=O)c3ccc4c(c3)CCCC4)CC2)nc2cc(Cl)ccc12. The van der Waals surface area contributed by atoms with Gasteiger partial charge in [0.25, 0.3) is 5.56 Å². The predicted octanol–water partition coefficient (Wildman–Crippen LogP) is 2.96. The lowest BCUT2D eigenvalue weighted by Crippen LogP contribution is -2.48. The highest BCUT2D eigenvalue weighted by atomic mass is 35.5. The highest BCUT2D eigenvalue weighted by Crippen LogP contribution is 2.26. The fraction of sp³-hybridized carbons (Fsp3) is 0.391. The van der Waals surface area contributed by atoms with E-state index in [-0.39, 0.29) is 5.56 Å². The Kier molecular flexibility index (Phi) is 5.79.